The maximum atomic E-state index is 9.28. The Morgan fingerprint density at radius 1 is 1.19 bits per heavy atom. The van der Waals surface area contributed by atoms with E-state index in [0.717, 1.165) is 5.69 Å². The molecule has 1 aromatic rings. The number of aliphatic hydroxyl groups excluding tert-OH is 2. The quantitative estimate of drug-likeness (QED) is 0.466. The highest BCUT2D eigenvalue weighted by Gasteiger charge is 2.26. The highest BCUT2D eigenvalue weighted by molar-refractivity contribution is 5.69. The van der Waals surface area contributed by atoms with Gasteiger partial charge in [-0.05, 0) is 24.6 Å². The second kappa shape index (κ2) is 5.05. The number of hydrogen-bond acceptors (Lipinski definition) is 5. The van der Waals surface area contributed by atoms with Crippen molar-refractivity contribution >= 4 is 17.1 Å². The third kappa shape index (κ3) is 2.56. The van der Waals surface area contributed by atoms with Crippen molar-refractivity contribution in [3.8, 4) is 0 Å². The lowest BCUT2D eigenvalue weighted by molar-refractivity contribution is 0.132. The first-order chi connectivity index (χ1) is 7.56. The second-order valence-electron chi connectivity index (χ2n) is 3.92. The van der Waals surface area contributed by atoms with Gasteiger partial charge in [0.15, 0.2) is 0 Å². The van der Waals surface area contributed by atoms with Crippen LogP contribution in [0.4, 0.5) is 17.1 Å². The van der Waals surface area contributed by atoms with Crippen LogP contribution in [-0.2, 0) is 0 Å². The van der Waals surface area contributed by atoms with Gasteiger partial charge in [-0.2, -0.15) is 0 Å². The summed E-state index contributed by atoms with van der Waals surface area (Å²) in [7, 11) is 0. The maximum Gasteiger partial charge on any atom is 0.0832 e. The van der Waals surface area contributed by atoms with Crippen LogP contribution in [0.25, 0.3) is 0 Å². The molecule has 1 rings (SSSR count). The zero-order valence-electron chi connectivity index (χ0n) is 9.40. The minimum Gasteiger partial charge on any atom is -0.397 e. The van der Waals surface area contributed by atoms with E-state index in [2.05, 4.69) is 5.32 Å². The Bertz CT molecular complexity index is 343. The Hall–Kier alpha value is -1.46. The summed E-state index contributed by atoms with van der Waals surface area (Å²) in [5.41, 5.74) is 12.3. The van der Waals surface area contributed by atoms with E-state index < -0.39 is 5.54 Å². The minimum atomic E-state index is -0.720. The van der Waals surface area contributed by atoms with E-state index in [1.807, 2.05) is 6.92 Å². The third-order valence-electron chi connectivity index (χ3n) is 2.78. The monoisotopic (exact) mass is 225 g/mol. The summed E-state index contributed by atoms with van der Waals surface area (Å²) in [6.45, 7) is 1.59. The van der Waals surface area contributed by atoms with Gasteiger partial charge in [0.2, 0.25) is 0 Å². The van der Waals surface area contributed by atoms with Crippen LogP contribution in [0.1, 0.15) is 13.3 Å². The van der Waals surface area contributed by atoms with Crippen molar-refractivity contribution in [1.82, 2.24) is 0 Å². The van der Waals surface area contributed by atoms with Crippen molar-refractivity contribution in [3.63, 3.8) is 0 Å². The fraction of sp³-hybridized carbons (Fsp3) is 0.455. The van der Waals surface area contributed by atoms with Crippen LogP contribution in [0.3, 0.4) is 0 Å². The predicted octanol–water partition coefficient (Wildman–Crippen LogP) is 0.396. The van der Waals surface area contributed by atoms with Crippen LogP contribution in [0.15, 0.2) is 18.2 Å². The van der Waals surface area contributed by atoms with Gasteiger partial charge in [-0.15, -0.1) is 0 Å². The normalized spacial score (nSPS) is 11.4. The third-order valence-corrected chi connectivity index (χ3v) is 2.78. The predicted molar refractivity (Wildman–Crippen MR) is 66.1 cm³/mol. The Morgan fingerprint density at radius 3 is 2.25 bits per heavy atom. The van der Waals surface area contributed by atoms with Crippen molar-refractivity contribution in [2.75, 3.05) is 30.0 Å². The zero-order chi connectivity index (χ0) is 12.2. The summed E-state index contributed by atoms with van der Waals surface area (Å²) < 4.78 is 0. The molecule has 0 spiro atoms. The zero-order valence-corrected chi connectivity index (χ0v) is 9.40. The van der Waals surface area contributed by atoms with E-state index in [9.17, 15) is 10.2 Å². The number of nitrogens with one attached hydrogen (secondary N) is 1. The molecule has 0 aromatic heterocycles. The minimum absolute atomic E-state index is 0.149. The fourth-order valence-corrected chi connectivity index (χ4v) is 1.40. The van der Waals surface area contributed by atoms with E-state index in [0.29, 0.717) is 17.8 Å². The van der Waals surface area contributed by atoms with E-state index in [1.54, 1.807) is 18.2 Å². The number of rotatable bonds is 5. The van der Waals surface area contributed by atoms with E-state index in [-0.39, 0.29) is 13.2 Å². The van der Waals surface area contributed by atoms with Crippen molar-refractivity contribution < 1.29 is 10.2 Å². The summed E-state index contributed by atoms with van der Waals surface area (Å²) in [5, 5.41) is 21.6. The molecule has 0 heterocycles. The molecule has 16 heavy (non-hydrogen) atoms. The van der Waals surface area contributed by atoms with Crippen molar-refractivity contribution in [2.24, 2.45) is 0 Å². The van der Waals surface area contributed by atoms with Gasteiger partial charge in [-0.25, -0.2) is 0 Å². The molecular formula is C11H19N3O2. The molecule has 7 N–H and O–H groups in total. The molecule has 5 nitrogen and oxygen atoms in total. The average Bonchev–Trinajstić information content (AvgIpc) is 2.31. The van der Waals surface area contributed by atoms with E-state index in [1.165, 1.54) is 0 Å². The summed E-state index contributed by atoms with van der Waals surface area (Å²) in [6.07, 6.45) is 0.601. The molecule has 0 bridgehead atoms. The van der Waals surface area contributed by atoms with Crippen LogP contribution in [0, 0.1) is 0 Å². The number of aliphatic hydroxyl groups is 2. The van der Waals surface area contributed by atoms with Gasteiger partial charge in [0.1, 0.15) is 0 Å². The van der Waals surface area contributed by atoms with E-state index in [4.69, 9.17) is 11.5 Å². The molecule has 1 aromatic carbocycles. The average molecular weight is 225 g/mol. The van der Waals surface area contributed by atoms with Crippen LogP contribution >= 0.6 is 0 Å². The van der Waals surface area contributed by atoms with Crippen LogP contribution in [0.5, 0.6) is 0 Å². The van der Waals surface area contributed by atoms with Crippen molar-refractivity contribution in [3.05, 3.63) is 18.2 Å². The molecule has 90 valence electrons. The molecular weight excluding hydrogens is 206 g/mol. The lowest BCUT2D eigenvalue weighted by Crippen LogP contribution is -2.45. The molecule has 0 aliphatic heterocycles. The number of anilines is 3. The second-order valence-corrected chi connectivity index (χ2v) is 3.92. The Labute approximate surface area is 95.1 Å². The van der Waals surface area contributed by atoms with Crippen LogP contribution in [0.2, 0.25) is 0 Å². The summed E-state index contributed by atoms with van der Waals surface area (Å²) in [4.78, 5) is 0. The number of benzene rings is 1. The van der Waals surface area contributed by atoms with Crippen molar-refractivity contribution in [2.45, 2.75) is 18.9 Å². The standard InChI is InChI=1S/C11H19N3O2/c1-2-11(6-15,7-16)14-8-3-4-9(12)10(13)5-8/h3-5,14-16H,2,6-7,12-13H2,1H3. The van der Waals surface area contributed by atoms with Gasteiger partial charge in [0.25, 0.3) is 0 Å². The molecule has 0 radical (unpaired) electrons. The topological polar surface area (TPSA) is 105 Å². The highest BCUT2D eigenvalue weighted by Crippen LogP contribution is 2.23. The molecule has 0 saturated carbocycles. The summed E-state index contributed by atoms with van der Waals surface area (Å²) in [5.74, 6) is 0. The Balaban J connectivity index is 2.89. The smallest absolute Gasteiger partial charge is 0.0832 e. The van der Waals surface area contributed by atoms with Crippen LogP contribution < -0.4 is 16.8 Å². The van der Waals surface area contributed by atoms with Gasteiger partial charge in [-0.3, -0.25) is 0 Å². The molecule has 5 heteroatoms. The number of nitrogens with two attached hydrogens (primary N) is 2. The molecule has 0 atom stereocenters. The number of hydrogen-bond donors (Lipinski definition) is 5. The fourth-order valence-electron chi connectivity index (χ4n) is 1.40. The lowest BCUT2D eigenvalue weighted by atomic mass is 9.98. The molecule has 0 amide bonds. The van der Waals surface area contributed by atoms with Crippen molar-refractivity contribution in [1.29, 1.82) is 0 Å². The van der Waals surface area contributed by atoms with Gasteiger partial charge in [0, 0.05) is 5.69 Å². The van der Waals surface area contributed by atoms with Gasteiger partial charge in [-0.1, -0.05) is 6.92 Å². The highest BCUT2D eigenvalue weighted by atomic mass is 16.3. The first-order valence-electron chi connectivity index (χ1n) is 5.22. The Morgan fingerprint density at radius 2 is 1.81 bits per heavy atom. The first-order valence-corrected chi connectivity index (χ1v) is 5.22. The maximum absolute atomic E-state index is 9.28. The Kier molecular flexibility index (Phi) is 3.98. The lowest BCUT2D eigenvalue weighted by Gasteiger charge is -2.31. The molecule has 0 saturated heterocycles. The SMILES string of the molecule is CCC(CO)(CO)Nc1ccc(N)c(N)c1. The molecule has 0 aliphatic rings. The van der Waals surface area contributed by atoms with E-state index >= 15 is 0 Å². The van der Waals surface area contributed by atoms with Gasteiger partial charge >= 0.3 is 0 Å². The molecule has 0 aliphatic carbocycles. The molecule has 0 unspecified atom stereocenters. The molecule has 0 fully saturated rings. The summed E-state index contributed by atoms with van der Waals surface area (Å²) >= 11 is 0. The van der Waals surface area contributed by atoms with Gasteiger partial charge in [0.05, 0.1) is 30.1 Å². The summed E-state index contributed by atoms with van der Waals surface area (Å²) in [6, 6.07) is 5.14. The van der Waals surface area contributed by atoms with Gasteiger partial charge < -0.3 is 27.0 Å². The number of nitrogen functional groups attached to an aromatic ring is 2. The first kappa shape index (κ1) is 12.6. The largest absolute Gasteiger partial charge is 0.397 e. The van der Waals surface area contributed by atoms with Crippen LogP contribution in [-0.4, -0.2) is 29.0 Å².